The molecule has 2 aromatic rings. The summed E-state index contributed by atoms with van der Waals surface area (Å²) in [6.07, 6.45) is 0. The molecule has 0 atom stereocenters. The van der Waals surface area contributed by atoms with E-state index in [2.05, 4.69) is 4.98 Å². The summed E-state index contributed by atoms with van der Waals surface area (Å²) in [5.74, 6) is -0.222. The van der Waals surface area contributed by atoms with Crippen LogP contribution in [0.2, 0.25) is 0 Å². The van der Waals surface area contributed by atoms with E-state index in [1.165, 1.54) is 6.07 Å². The van der Waals surface area contributed by atoms with Crippen molar-refractivity contribution in [3.8, 4) is 0 Å². The fourth-order valence-electron chi connectivity index (χ4n) is 1.41. The molecule has 0 spiro atoms. The van der Waals surface area contributed by atoms with Gasteiger partial charge in [-0.05, 0) is 12.1 Å². The molecule has 0 fully saturated rings. The quantitative estimate of drug-likeness (QED) is 0.752. The van der Waals surface area contributed by atoms with Gasteiger partial charge in [-0.25, -0.2) is 4.39 Å². The van der Waals surface area contributed by atoms with Gasteiger partial charge in [0, 0.05) is 18.2 Å². The number of ether oxygens (including phenoxy) is 1. The van der Waals surface area contributed by atoms with Gasteiger partial charge in [-0.2, -0.15) is 0 Å². The van der Waals surface area contributed by atoms with E-state index in [1.807, 2.05) is 12.1 Å². The van der Waals surface area contributed by atoms with Crippen LogP contribution in [0.1, 0.15) is 5.69 Å². The third kappa shape index (κ3) is 1.42. The van der Waals surface area contributed by atoms with Gasteiger partial charge < -0.3 is 9.72 Å². The number of fused-ring (bicyclic) bond motifs is 1. The number of hydrogen-bond acceptors (Lipinski definition) is 1. The molecule has 13 heavy (non-hydrogen) atoms. The lowest BCUT2D eigenvalue weighted by molar-refractivity contribution is 0.182. The smallest absolute Gasteiger partial charge is 0.147 e. The number of hydrogen-bond donors (Lipinski definition) is 1. The van der Waals surface area contributed by atoms with Crippen LogP contribution in [0.4, 0.5) is 4.39 Å². The predicted molar refractivity (Wildman–Crippen MR) is 49.0 cm³/mol. The lowest BCUT2D eigenvalue weighted by atomic mass is 10.2. The van der Waals surface area contributed by atoms with Gasteiger partial charge in [-0.3, -0.25) is 0 Å². The maximum Gasteiger partial charge on any atom is 0.147 e. The Labute approximate surface area is 75.3 Å². The number of para-hydroxylation sites is 1. The molecule has 1 N–H and O–H groups in total. The van der Waals surface area contributed by atoms with E-state index in [9.17, 15) is 4.39 Å². The van der Waals surface area contributed by atoms with Gasteiger partial charge >= 0.3 is 0 Å². The third-order valence-corrected chi connectivity index (χ3v) is 1.96. The van der Waals surface area contributed by atoms with Gasteiger partial charge in [0.15, 0.2) is 0 Å². The van der Waals surface area contributed by atoms with Crippen LogP contribution in [0.25, 0.3) is 10.9 Å². The summed E-state index contributed by atoms with van der Waals surface area (Å²) in [5.41, 5.74) is 1.44. The van der Waals surface area contributed by atoms with Crippen molar-refractivity contribution in [1.82, 2.24) is 4.98 Å². The first-order chi connectivity index (χ1) is 6.31. The van der Waals surface area contributed by atoms with Crippen LogP contribution in [0.5, 0.6) is 0 Å². The maximum atomic E-state index is 13.2. The van der Waals surface area contributed by atoms with E-state index in [0.717, 1.165) is 11.1 Å². The molecular formula is C10H10FNO. The Morgan fingerprint density at radius 3 is 3.00 bits per heavy atom. The Hall–Kier alpha value is -1.35. The van der Waals surface area contributed by atoms with Gasteiger partial charge in [-0.1, -0.05) is 12.1 Å². The second-order valence-electron chi connectivity index (χ2n) is 2.93. The number of nitrogens with one attached hydrogen (secondary N) is 1. The van der Waals surface area contributed by atoms with Crippen molar-refractivity contribution in [3.05, 3.63) is 35.8 Å². The molecule has 2 nitrogen and oxygen atoms in total. The second-order valence-corrected chi connectivity index (χ2v) is 2.93. The maximum absolute atomic E-state index is 13.2. The van der Waals surface area contributed by atoms with Gasteiger partial charge in [0.25, 0.3) is 0 Å². The van der Waals surface area contributed by atoms with E-state index in [1.54, 1.807) is 13.2 Å². The highest BCUT2D eigenvalue weighted by Crippen LogP contribution is 2.18. The lowest BCUT2D eigenvalue weighted by Crippen LogP contribution is -1.85. The monoisotopic (exact) mass is 179 g/mol. The van der Waals surface area contributed by atoms with E-state index in [0.29, 0.717) is 12.1 Å². The van der Waals surface area contributed by atoms with Crippen molar-refractivity contribution in [2.75, 3.05) is 7.11 Å². The average Bonchev–Trinajstić information content (AvgIpc) is 2.49. The molecule has 0 unspecified atom stereocenters. The van der Waals surface area contributed by atoms with Crippen LogP contribution in [-0.4, -0.2) is 12.1 Å². The van der Waals surface area contributed by atoms with Crippen LogP contribution in [0, 0.1) is 5.82 Å². The zero-order chi connectivity index (χ0) is 9.26. The predicted octanol–water partition coefficient (Wildman–Crippen LogP) is 2.45. The number of H-pyrrole nitrogens is 1. The minimum Gasteiger partial charge on any atom is -0.378 e. The van der Waals surface area contributed by atoms with E-state index < -0.39 is 0 Å². The summed E-state index contributed by atoms with van der Waals surface area (Å²) in [7, 11) is 1.61. The fourth-order valence-corrected chi connectivity index (χ4v) is 1.41. The molecule has 1 heterocycles. The first-order valence-electron chi connectivity index (χ1n) is 4.06. The molecule has 0 saturated carbocycles. The van der Waals surface area contributed by atoms with Gasteiger partial charge in [0.05, 0.1) is 12.1 Å². The molecule has 0 radical (unpaired) electrons. The minimum absolute atomic E-state index is 0.222. The van der Waals surface area contributed by atoms with E-state index in [4.69, 9.17) is 4.74 Å². The Balaban J connectivity index is 2.55. The lowest BCUT2D eigenvalue weighted by Gasteiger charge is -1.92. The highest BCUT2D eigenvalue weighted by Gasteiger charge is 2.03. The Morgan fingerprint density at radius 1 is 1.46 bits per heavy atom. The zero-order valence-electron chi connectivity index (χ0n) is 7.30. The molecule has 0 bridgehead atoms. The molecule has 1 aromatic carbocycles. The van der Waals surface area contributed by atoms with Crippen molar-refractivity contribution in [2.24, 2.45) is 0 Å². The third-order valence-electron chi connectivity index (χ3n) is 1.96. The molecular weight excluding hydrogens is 169 g/mol. The molecule has 0 amide bonds. The summed E-state index contributed by atoms with van der Waals surface area (Å²) in [4.78, 5) is 2.96. The van der Waals surface area contributed by atoms with Crippen LogP contribution in [0.3, 0.4) is 0 Å². The van der Waals surface area contributed by atoms with Crippen LogP contribution in [-0.2, 0) is 11.3 Å². The Morgan fingerprint density at radius 2 is 2.31 bits per heavy atom. The molecule has 0 saturated heterocycles. The molecule has 0 aliphatic rings. The Kier molecular flexibility index (Phi) is 2.02. The van der Waals surface area contributed by atoms with Crippen molar-refractivity contribution >= 4 is 10.9 Å². The van der Waals surface area contributed by atoms with Crippen LogP contribution >= 0.6 is 0 Å². The van der Waals surface area contributed by atoms with Crippen molar-refractivity contribution in [2.45, 2.75) is 6.61 Å². The standard InChI is InChI=1S/C10H10FNO/c1-13-6-8-5-7-3-2-4-9(11)10(7)12-8/h2-5,12H,6H2,1H3. The summed E-state index contributed by atoms with van der Waals surface area (Å²) >= 11 is 0. The summed E-state index contributed by atoms with van der Waals surface area (Å²) in [6.45, 7) is 0.480. The second kappa shape index (κ2) is 3.18. The molecule has 2 rings (SSSR count). The first kappa shape index (κ1) is 8.26. The van der Waals surface area contributed by atoms with Crippen molar-refractivity contribution in [1.29, 1.82) is 0 Å². The molecule has 0 aliphatic carbocycles. The van der Waals surface area contributed by atoms with Gasteiger partial charge in [0.2, 0.25) is 0 Å². The normalized spacial score (nSPS) is 10.9. The largest absolute Gasteiger partial charge is 0.378 e. The van der Waals surface area contributed by atoms with E-state index >= 15 is 0 Å². The highest BCUT2D eigenvalue weighted by molar-refractivity contribution is 5.80. The minimum atomic E-state index is -0.222. The van der Waals surface area contributed by atoms with Crippen LogP contribution in [0.15, 0.2) is 24.3 Å². The highest BCUT2D eigenvalue weighted by atomic mass is 19.1. The summed E-state index contributed by atoms with van der Waals surface area (Å²) in [6, 6.07) is 6.90. The summed E-state index contributed by atoms with van der Waals surface area (Å²) in [5, 5.41) is 0.882. The van der Waals surface area contributed by atoms with Crippen LogP contribution < -0.4 is 0 Å². The number of halogens is 1. The van der Waals surface area contributed by atoms with Crippen molar-refractivity contribution in [3.63, 3.8) is 0 Å². The van der Waals surface area contributed by atoms with E-state index in [-0.39, 0.29) is 5.82 Å². The average molecular weight is 179 g/mol. The molecule has 68 valence electrons. The van der Waals surface area contributed by atoms with Gasteiger partial charge in [0.1, 0.15) is 5.82 Å². The zero-order valence-corrected chi connectivity index (χ0v) is 7.30. The van der Waals surface area contributed by atoms with Crippen molar-refractivity contribution < 1.29 is 9.13 Å². The number of rotatable bonds is 2. The molecule has 1 aromatic heterocycles. The number of methoxy groups -OCH3 is 1. The molecule has 0 aliphatic heterocycles. The molecule has 3 heteroatoms. The number of aromatic amines is 1. The number of benzene rings is 1. The Bertz CT molecular complexity index is 422. The SMILES string of the molecule is COCc1cc2cccc(F)c2[nH]1. The topological polar surface area (TPSA) is 25.0 Å². The summed E-state index contributed by atoms with van der Waals surface area (Å²) < 4.78 is 18.1. The first-order valence-corrected chi connectivity index (χ1v) is 4.06. The number of aromatic nitrogens is 1. The fraction of sp³-hybridized carbons (Fsp3) is 0.200. The van der Waals surface area contributed by atoms with Gasteiger partial charge in [-0.15, -0.1) is 0 Å².